The molecule has 4 heteroatoms. The molecule has 0 amide bonds. The lowest BCUT2D eigenvalue weighted by Gasteiger charge is -2.04. The molecule has 21 heavy (non-hydrogen) atoms. The average Bonchev–Trinajstić information content (AvgIpc) is 2.76. The second kappa shape index (κ2) is 5.34. The fourth-order valence-corrected chi connectivity index (χ4v) is 2.83. The number of hydrogen-bond acceptors (Lipinski definition) is 2. The molecule has 3 aromatic rings. The van der Waals surface area contributed by atoms with Crippen molar-refractivity contribution in [2.45, 2.75) is 13.3 Å². The molecule has 0 atom stereocenters. The van der Waals surface area contributed by atoms with Gasteiger partial charge in [0.2, 0.25) is 0 Å². The lowest BCUT2D eigenvalue weighted by atomic mass is 10.0. The number of rotatable bonds is 3. The standard InChI is InChI=1S/C17H15ClN2O/c1-11-9-12(18)7-8-13(11)17(21)10-15-14-5-3-4-6-16(14)20(2)19-15/h3-9H,10H2,1-2H3. The molecule has 0 spiro atoms. The summed E-state index contributed by atoms with van der Waals surface area (Å²) in [7, 11) is 1.89. The Bertz CT molecular complexity index is 836. The van der Waals surface area contributed by atoms with Crippen molar-refractivity contribution in [3.63, 3.8) is 0 Å². The zero-order valence-electron chi connectivity index (χ0n) is 11.9. The summed E-state index contributed by atoms with van der Waals surface area (Å²) in [5.74, 6) is 0.0630. The van der Waals surface area contributed by atoms with E-state index < -0.39 is 0 Å². The highest BCUT2D eigenvalue weighted by Crippen LogP contribution is 2.21. The van der Waals surface area contributed by atoms with Gasteiger partial charge in [0.25, 0.3) is 0 Å². The highest BCUT2D eigenvalue weighted by Gasteiger charge is 2.15. The van der Waals surface area contributed by atoms with Crippen LogP contribution in [0.15, 0.2) is 42.5 Å². The Morgan fingerprint density at radius 2 is 2.00 bits per heavy atom. The van der Waals surface area contributed by atoms with E-state index in [0.29, 0.717) is 17.0 Å². The Morgan fingerprint density at radius 3 is 2.76 bits per heavy atom. The quantitative estimate of drug-likeness (QED) is 0.686. The molecule has 0 aliphatic carbocycles. The summed E-state index contributed by atoms with van der Waals surface area (Å²) in [5.41, 5.74) is 3.45. The number of Topliss-reactive ketones (excluding diaryl/α,β-unsaturated/α-hetero) is 1. The average molecular weight is 299 g/mol. The number of benzene rings is 2. The van der Waals surface area contributed by atoms with Crippen LogP contribution in [0.4, 0.5) is 0 Å². The first-order chi connectivity index (χ1) is 10.1. The third-order valence-corrected chi connectivity index (χ3v) is 3.89. The fourth-order valence-electron chi connectivity index (χ4n) is 2.61. The SMILES string of the molecule is Cc1cc(Cl)ccc1C(=O)Cc1nn(C)c2ccccc12. The molecular formula is C17H15ClN2O. The summed E-state index contributed by atoms with van der Waals surface area (Å²) < 4.78 is 1.81. The maximum absolute atomic E-state index is 12.5. The zero-order valence-corrected chi connectivity index (χ0v) is 12.7. The Labute approximate surface area is 128 Å². The van der Waals surface area contributed by atoms with Crippen LogP contribution in [0.1, 0.15) is 21.6 Å². The maximum atomic E-state index is 12.5. The van der Waals surface area contributed by atoms with Crippen LogP contribution in [0.5, 0.6) is 0 Å². The van der Waals surface area contributed by atoms with Gasteiger partial charge in [-0.2, -0.15) is 5.10 Å². The number of ketones is 1. The van der Waals surface area contributed by atoms with E-state index in [2.05, 4.69) is 5.10 Å². The largest absolute Gasteiger partial charge is 0.294 e. The summed E-state index contributed by atoms with van der Waals surface area (Å²) in [4.78, 5) is 12.5. The van der Waals surface area contributed by atoms with Crippen LogP contribution in [0.25, 0.3) is 10.9 Å². The Kier molecular flexibility index (Phi) is 3.52. The minimum Gasteiger partial charge on any atom is -0.294 e. The zero-order chi connectivity index (χ0) is 15.0. The summed E-state index contributed by atoms with van der Waals surface area (Å²) in [6, 6.07) is 13.3. The van der Waals surface area contributed by atoms with Crippen molar-refractivity contribution in [3.8, 4) is 0 Å². The number of para-hydroxylation sites is 1. The molecule has 2 aromatic carbocycles. The van der Waals surface area contributed by atoms with Crippen LogP contribution in [-0.2, 0) is 13.5 Å². The topological polar surface area (TPSA) is 34.9 Å². The molecule has 3 rings (SSSR count). The van der Waals surface area contributed by atoms with E-state index in [-0.39, 0.29) is 5.78 Å². The number of aromatic nitrogens is 2. The molecule has 0 aliphatic heterocycles. The first-order valence-electron chi connectivity index (χ1n) is 6.76. The highest BCUT2D eigenvalue weighted by atomic mass is 35.5. The Hall–Kier alpha value is -2.13. The van der Waals surface area contributed by atoms with Gasteiger partial charge in [-0.25, -0.2) is 0 Å². The van der Waals surface area contributed by atoms with Crippen molar-refractivity contribution >= 4 is 28.3 Å². The van der Waals surface area contributed by atoms with Crippen LogP contribution in [0, 0.1) is 6.92 Å². The van der Waals surface area contributed by atoms with Crippen LogP contribution in [0.2, 0.25) is 5.02 Å². The van der Waals surface area contributed by atoms with E-state index >= 15 is 0 Å². The lowest BCUT2D eigenvalue weighted by Crippen LogP contribution is -2.06. The first kappa shape index (κ1) is 13.8. The van der Waals surface area contributed by atoms with Crippen molar-refractivity contribution in [1.82, 2.24) is 9.78 Å². The second-order valence-corrected chi connectivity index (χ2v) is 5.58. The maximum Gasteiger partial charge on any atom is 0.169 e. The third-order valence-electron chi connectivity index (χ3n) is 3.65. The number of nitrogens with zero attached hydrogens (tertiary/aromatic N) is 2. The van der Waals surface area contributed by atoms with Gasteiger partial charge >= 0.3 is 0 Å². The monoisotopic (exact) mass is 298 g/mol. The van der Waals surface area contributed by atoms with Crippen molar-refractivity contribution in [1.29, 1.82) is 0 Å². The minimum atomic E-state index is 0.0630. The number of fused-ring (bicyclic) bond motifs is 1. The van der Waals surface area contributed by atoms with E-state index in [1.165, 1.54) is 0 Å². The lowest BCUT2D eigenvalue weighted by molar-refractivity contribution is 0.0991. The molecule has 0 aliphatic rings. The molecule has 0 bridgehead atoms. The molecule has 0 saturated heterocycles. The van der Waals surface area contributed by atoms with Gasteiger partial charge in [0.15, 0.2) is 5.78 Å². The van der Waals surface area contributed by atoms with Gasteiger partial charge < -0.3 is 0 Å². The molecule has 0 N–H and O–H groups in total. The van der Waals surface area contributed by atoms with E-state index in [9.17, 15) is 4.79 Å². The molecule has 0 unspecified atom stereocenters. The summed E-state index contributed by atoms with van der Waals surface area (Å²) in [6.07, 6.45) is 0.295. The Morgan fingerprint density at radius 1 is 1.24 bits per heavy atom. The molecule has 0 fully saturated rings. The van der Waals surface area contributed by atoms with Gasteiger partial charge in [-0.1, -0.05) is 29.8 Å². The van der Waals surface area contributed by atoms with Crippen LogP contribution in [-0.4, -0.2) is 15.6 Å². The highest BCUT2D eigenvalue weighted by molar-refractivity contribution is 6.30. The second-order valence-electron chi connectivity index (χ2n) is 5.15. The molecule has 1 heterocycles. The van der Waals surface area contributed by atoms with E-state index in [1.807, 2.05) is 49.0 Å². The smallest absolute Gasteiger partial charge is 0.169 e. The molecule has 106 valence electrons. The first-order valence-corrected chi connectivity index (χ1v) is 7.14. The van der Waals surface area contributed by atoms with Gasteiger partial charge in [0.1, 0.15) is 0 Å². The van der Waals surface area contributed by atoms with Gasteiger partial charge in [-0.05, 0) is 36.8 Å². The molecule has 0 radical (unpaired) electrons. The van der Waals surface area contributed by atoms with E-state index in [1.54, 1.807) is 12.1 Å². The van der Waals surface area contributed by atoms with Crippen LogP contribution < -0.4 is 0 Å². The third kappa shape index (κ3) is 2.57. The number of carbonyl (C=O) groups excluding carboxylic acids is 1. The van der Waals surface area contributed by atoms with Gasteiger partial charge in [0.05, 0.1) is 17.6 Å². The minimum absolute atomic E-state index is 0.0630. The van der Waals surface area contributed by atoms with Crippen molar-refractivity contribution in [2.75, 3.05) is 0 Å². The number of carbonyl (C=O) groups is 1. The fraction of sp³-hybridized carbons (Fsp3) is 0.176. The number of halogens is 1. The number of aryl methyl sites for hydroxylation is 2. The van der Waals surface area contributed by atoms with Gasteiger partial charge in [0, 0.05) is 23.0 Å². The molecular weight excluding hydrogens is 284 g/mol. The molecule has 1 aromatic heterocycles. The van der Waals surface area contributed by atoms with Crippen molar-refractivity contribution in [3.05, 3.63) is 64.3 Å². The molecule has 0 saturated carbocycles. The normalized spacial score (nSPS) is 11.0. The molecule has 3 nitrogen and oxygen atoms in total. The van der Waals surface area contributed by atoms with E-state index in [4.69, 9.17) is 11.6 Å². The summed E-state index contributed by atoms with van der Waals surface area (Å²) in [6.45, 7) is 1.90. The predicted molar refractivity (Wildman–Crippen MR) is 84.9 cm³/mol. The Balaban J connectivity index is 1.97. The van der Waals surface area contributed by atoms with Gasteiger partial charge in [-0.15, -0.1) is 0 Å². The van der Waals surface area contributed by atoms with E-state index in [0.717, 1.165) is 22.2 Å². The van der Waals surface area contributed by atoms with Gasteiger partial charge in [-0.3, -0.25) is 9.48 Å². The summed E-state index contributed by atoms with van der Waals surface area (Å²) in [5, 5.41) is 6.15. The summed E-state index contributed by atoms with van der Waals surface area (Å²) >= 11 is 5.94. The van der Waals surface area contributed by atoms with Crippen LogP contribution in [0.3, 0.4) is 0 Å². The van der Waals surface area contributed by atoms with Crippen LogP contribution >= 0.6 is 11.6 Å². The number of hydrogen-bond donors (Lipinski definition) is 0. The predicted octanol–water partition coefficient (Wildman–Crippen LogP) is 3.96. The van der Waals surface area contributed by atoms with Crippen molar-refractivity contribution in [2.24, 2.45) is 7.05 Å². The van der Waals surface area contributed by atoms with Crippen molar-refractivity contribution < 1.29 is 4.79 Å².